The average molecular weight is 421 g/mol. The Morgan fingerprint density at radius 3 is 2.56 bits per heavy atom. The molecule has 6 heteroatoms. The molecular weight excluding hydrogens is 404 g/mol. The number of rotatable bonds is 3. The molecule has 1 aromatic heterocycles. The highest BCUT2D eigenvalue weighted by atomic mass is 79.9. The van der Waals surface area contributed by atoms with Crippen LogP contribution in [0.15, 0.2) is 70.5 Å². The summed E-state index contributed by atoms with van der Waals surface area (Å²) in [6.07, 6.45) is 0. The van der Waals surface area contributed by atoms with E-state index in [2.05, 4.69) is 27.1 Å². The maximum atomic E-state index is 9.70. The predicted molar refractivity (Wildman–Crippen MR) is 106 cm³/mol. The average Bonchev–Trinajstić information content (AvgIpc) is 2.97. The molecule has 0 saturated heterocycles. The second-order valence-electron chi connectivity index (χ2n) is 6.42. The van der Waals surface area contributed by atoms with E-state index in [4.69, 9.17) is 10.5 Å². The molecule has 0 radical (unpaired) electrons. The van der Waals surface area contributed by atoms with Gasteiger partial charge in [-0.2, -0.15) is 10.4 Å². The molecule has 0 bridgehead atoms. The lowest BCUT2D eigenvalue weighted by molar-refractivity contribution is 0.352. The van der Waals surface area contributed by atoms with Crippen molar-refractivity contribution in [2.75, 3.05) is 0 Å². The van der Waals surface area contributed by atoms with Crippen LogP contribution in [0.25, 0.3) is 0 Å². The zero-order chi connectivity index (χ0) is 19.0. The van der Waals surface area contributed by atoms with E-state index in [1.54, 1.807) is 0 Å². The molecule has 134 valence electrons. The van der Waals surface area contributed by atoms with E-state index in [-0.39, 0.29) is 11.8 Å². The van der Waals surface area contributed by atoms with Crippen molar-refractivity contribution in [1.82, 2.24) is 9.78 Å². The first kappa shape index (κ1) is 17.4. The predicted octanol–water partition coefficient (Wildman–Crippen LogP) is 4.22. The van der Waals surface area contributed by atoms with Crippen LogP contribution in [0, 0.1) is 18.3 Å². The summed E-state index contributed by atoms with van der Waals surface area (Å²) in [5.74, 6) is 0.435. The number of benzene rings is 2. The minimum atomic E-state index is -0.295. The van der Waals surface area contributed by atoms with Crippen molar-refractivity contribution >= 4 is 15.9 Å². The highest BCUT2D eigenvalue weighted by Gasteiger charge is 2.35. The van der Waals surface area contributed by atoms with Crippen molar-refractivity contribution < 1.29 is 4.74 Å². The smallest absolute Gasteiger partial charge is 0.224 e. The SMILES string of the molecule is Cc1nn(Cc2ccccc2)c2c1[C@@H](c1ccc(Br)cc1)C(C#N)=C(N)O2. The van der Waals surface area contributed by atoms with Gasteiger partial charge in [-0.15, -0.1) is 0 Å². The van der Waals surface area contributed by atoms with Gasteiger partial charge in [-0.25, -0.2) is 4.68 Å². The number of hydrogen-bond donors (Lipinski definition) is 1. The lowest BCUT2D eigenvalue weighted by Gasteiger charge is -2.25. The van der Waals surface area contributed by atoms with Crippen molar-refractivity contribution in [1.29, 1.82) is 5.26 Å². The van der Waals surface area contributed by atoms with Gasteiger partial charge >= 0.3 is 0 Å². The number of hydrogen-bond acceptors (Lipinski definition) is 4. The maximum absolute atomic E-state index is 9.70. The van der Waals surface area contributed by atoms with E-state index in [1.165, 1.54) is 0 Å². The molecule has 4 rings (SSSR count). The molecular formula is C21H17BrN4O. The fourth-order valence-corrected chi connectivity index (χ4v) is 3.70. The van der Waals surface area contributed by atoms with Gasteiger partial charge in [-0.3, -0.25) is 0 Å². The van der Waals surface area contributed by atoms with Gasteiger partial charge in [-0.1, -0.05) is 58.4 Å². The molecule has 1 aliphatic heterocycles. The van der Waals surface area contributed by atoms with Crippen LogP contribution in [0.2, 0.25) is 0 Å². The lowest BCUT2D eigenvalue weighted by atomic mass is 9.84. The highest BCUT2D eigenvalue weighted by molar-refractivity contribution is 9.10. The summed E-state index contributed by atoms with van der Waals surface area (Å²) in [5, 5.41) is 14.4. The molecule has 2 N–H and O–H groups in total. The Bertz CT molecular complexity index is 1060. The summed E-state index contributed by atoms with van der Waals surface area (Å²) >= 11 is 3.46. The van der Waals surface area contributed by atoms with Crippen molar-refractivity contribution in [3.05, 3.63) is 92.9 Å². The minimum Gasteiger partial charge on any atom is -0.422 e. The number of ether oxygens (including phenoxy) is 1. The summed E-state index contributed by atoms with van der Waals surface area (Å²) in [6.45, 7) is 2.51. The van der Waals surface area contributed by atoms with Crippen LogP contribution in [-0.2, 0) is 6.54 Å². The van der Waals surface area contributed by atoms with Crippen LogP contribution in [0.1, 0.15) is 28.3 Å². The van der Waals surface area contributed by atoms with Crippen LogP contribution >= 0.6 is 15.9 Å². The summed E-state index contributed by atoms with van der Waals surface area (Å²) < 4.78 is 8.65. The van der Waals surface area contributed by atoms with Crippen LogP contribution in [0.5, 0.6) is 5.88 Å². The number of fused-ring (bicyclic) bond motifs is 1. The molecule has 1 aliphatic rings. The van der Waals surface area contributed by atoms with Gasteiger partial charge in [0.2, 0.25) is 11.8 Å². The van der Waals surface area contributed by atoms with E-state index in [0.717, 1.165) is 26.9 Å². The molecule has 2 aromatic carbocycles. The third kappa shape index (κ3) is 3.11. The van der Waals surface area contributed by atoms with E-state index in [1.807, 2.05) is 66.2 Å². The van der Waals surface area contributed by atoms with Gasteiger partial charge in [0.15, 0.2) is 0 Å². The second kappa shape index (κ2) is 6.93. The van der Waals surface area contributed by atoms with Crippen LogP contribution < -0.4 is 10.5 Å². The Balaban J connectivity index is 1.85. The zero-order valence-corrected chi connectivity index (χ0v) is 16.3. The maximum Gasteiger partial charge on any atom is 0.224 e. The molecule has 0 spiro atoms. The van der Waals surface area contributed by atoms with Crippen molar-refractivity contribution in [3.63, 3.8) is 0 Å². The Hall–Kier alpha value is -3.04. The molecule has 0 fully saturated rings. The molecule has 1 atom stereocenters. The number of aromatic nitrogens is 2. The summed E-state index contributed by atoms with van der Waals surface area (Å²) in [4.78, 5) is 0. The van der Waals surface area contributed by atoms with E-state index >= 15 is 0 Å². The standard InChI is InChI=1S/C21H17BrN4O/c1-13-18-19(15-7-9-16(22)10-8-15)17(11-23)20(24)27-21(18)26(25-13)12-14-5-3-2-4-6-14/h2-10,19H,12,24H2,1H3/t19-/m0/s1. The molecule has 3 aromatic rings. The molecule has 0 amide bonds. The lowest BCUT2D eigenvalue weighted by Crippen LogP contribution is -2.22. The highest BCUT2D eigenvalue weighted by Crippen LogP contribution is 2.44. The first-order valence-electron chi connectivity index (χ1n) is 8.52. The normalized spacial score (nSPS) is 15.8. The molecule has 0 unspecified atom stereocenters. The third-order valence-electron chi connectivity index (χ3n) is 4.67. The second-order valence-corrected chi connectivity index (χ2v) is 7.34. The topological polar surface area (TPSA) is 76.9 Å². The first-order chi connectivity index (χ1) is 13.1. The summed E-state index contributed by atoms with van der Waals surface area (Å²) in [7, 11) is 0. The first-order valence-corrected chi connectivity index (χ1v) is 9.32. The van der Waals surface area contributed by atoms with Gasteiger partial charge in [0.25, 0.3) is 0 Å². The van der Waals surface area contributed by atoms with E-state index in [0.29, 0.717) is 18.0 Å². The van der Waals surface area contributed by atoms with Gasteiger partial charge < -0.3 is 10.5 Å². The minimum absolute atomic E-state index is 0.132. The number of nitrogens with two attached hydrogens (primary N) is 1. The Morgan fingerprint density at radius 1 is 1.19 bits per heavy atom. The Morgan fingerprint density at radius 2 is 1.89 bits per heavy atom. The molecule has 0 aliphatic carbocycles. The number of aryl methyl sites for hydroxylation is 1. The van der Waals surface area contributed by atoms with Crippen molar-refractivity contribution in [2.24, 2.45) is 5.73 Å². The van der Waals surface area contributed by atoms with Crippen LogP contribution in [0.4, 0.5) is 0 Å². The Kier molecular flexibility index (Phi) is 4.46. The monoisotopic (exact) mass is 420 g/mol. The number of halogens is 1. The van der Waals surface area contributed by atoms with E-state index < -0.39 is 0 Å². The molecule has 2 heterocycles. The fourth-order valence-electron chi connectivity index (χ4n) is 3.43. The van der Waals surface area contributed by atoms with Crippen molar-refractivity contribution in [3.8, 4) is 11.9 Å². The van der Waals surface area contributed by atoms with Crippen LogP contribution in [0.3, 0.4) is 0 Å². The van der Waals surface area contributed by atoms with Gasteiger partial charge in [0.1, 0.15) is 11.6 Å². The third-order valence-corrected chi connectivity index (χ3v) is 5.20. The zero-order valence-electron chi connectivity index (χ0n) is 14.7. The van der Waals surface area contributed by atoms with Crippen LogP contribution in [-0.4, -0.2) is 9.78 Å². The Labute approximate surface area is 165 Å². The molecule has 5 nitrogen and oxygen atoms in total. The number of allylic oxidation sites excluding steroid dienone is 1. The summed E-state index contributed by atoms with van der Waals surface area (Å²) in [5.41, 5.74) is 10.3. The quantitative estimate of drug-likeness (QED) is 0.687. The molecule has 0 saturated carbocycles. The molecule has 27 heavy (non-hydrogen) atoms. The fraction of sp³-hybridized carbons (Fsp3) is 0.143. The van der Waals surface area contributed by atoms with Crippen molar-refractivity contribution in [2.45, 2.75) is 19.4 Å². The largest absolute Gasteiger partial charge is 0.422 e. The number of nitriles is 1. The van der Waals surface area contributed by atoms with Gasteiger partial charge in [0, 0.05) is 4.47 Å². The van der Waals surface area contributed by atoms with Gasteiger partial charge in [0.05, 0.1) is 23.7 Å². The van der Waals surface area contributed by atoms with Gasteiger partial charge in [-0.05, 0) is 30.2 Å². The number of nitrogens with zero attached hydrogens (tertiary/aromatic N) is 3. The van der Waals surface area contributed by atoms with E-state index in [9.17, 15) is 5.26 Å². The summed E-state index contributed by atoms with van der Waals surface area (Å²) in [6, 6.07) is 20.2.